The summed E-state index contributed by atoms with van der Waals surface area (Å²) in [5, 5.41) is 3.67. The second kappa shape index (κ2) is 14.8. The van der Waals surface area contributed by atoms with E-state index in [0.29, 0.717) is 0 Å². The van der Waals surface area contributed by atoms with Gasteiger partial charge in [0.15, 0.2) is 0 Å². The molecule has 0 N–H and O–H groups in total. The van der Waals surface area contributed by atoms with Gasteiger partial charge in [-0.05, 0) is 92.0 Å². The Morgan fingerprint density at radius 2 is 0.800 bits per heavy atom. The fourth-order valence-corrected chi connectivity index (χ4v) is 11.1. The van der Waals surface area contributed by atoms with Crippen molar-refractivity contribution in [2.75, 3.05) is 0 Å². The van der Waals surface area contributed by atoms with E-state index in [1.165, 1.54) is 99.6 Å². The Bertz CT molecular complexity index is 3680. The monoisotopic (exact) mass is 826 g/mol. The predicted octanol–water partition coefficient (Wildman–Crippen LogP) is 16.1. The fourth-order valence-electron chi connectivity index (χ4n) is 11.1. The van der Waals surface area contributed by atoms with Crippen LogP contribution in [0.15, 0.2) is 255 Å². The summed E-state index contributed by atoms with van der Waals surface area (Å²) in [5.41, 5.74) is 20.2. The van der Waals surface area contributed by atoms with Crippen molar-refractivity contribution in [2.45, 2.75) is 5.41 Å². The Morgan fingerprint density at radius 1 is 0.292 bits per heavy atom. The van der Waals surface area contributed by atoms with Crippen LogP contribution < -0.4 is 0 Å². The van der Waals surface area contributed by atoms with Gasteiger partial charge < -0.3 is 9.13 Å². The number of fused-ring (bicyclic) bond motifs is 8. The Morgan fingerprint density at radius 3 is 1.49 bits per heavy atom. The van der Waals surface area contributed by atoms with Crippen molar-refractivity contribution < 1.29 is 0 Å². The van der Waals surface area contributed by atoms with Gasteiger partial charge in [-0.3, -0.25) is 0 Å². The van der Waals surface area contributed by atoms with Crippen LogP contribution in [-0.2, 0) is 5.41 Å². The molecule has 0 aliphatic heterocycles. The molecular weight excluding hydrogens is 785 g/mol. The van der Waals surface area contributed by atoms with Crippen molar-refractivity contribution >= 4 is 32.7 Å². The summed E-state index contributed by atoms with van der Waals surface area (Å²) >= 11 is 0. The fraction of sp³-hybridized carbons (Fsp3) is 0.0159. The lowest BCUT2D eigenvalue weighted by Crippen LogP contribution is -2.28. The average molecular weight is 827 g/mol. The van der Waals surface area contributed by atoms with E-state index in [4.69, 9.17) is 0 Å². The van der Waals surface area contributed by atoms with Crippen molar-refractivity contribution in [3.8, 4) is 56.0 Å². The van der Waals surface area contributed by atoms with Gasteiger partial charge in [0.2, 0.25) is 0 Å². The van der Waals surface area contributed by atoms with Crippen LogP contribution in [0.5, 0.6) is 0 Å². The Hall–Kier alpha value is -8.46. The molecule has 0 saturated carbocycles. The summed E-state index contributed by atoms with van der Waals surface area (Å²) in [5.74, 6) is 0. The van der Waals surface area contributed by atoms with Crippen LogP contribution in [0.1, 0.15) is 22.3 Å². The third kappa shape index (κ3) is 5.54. The molecule has 1 aliphatic rings. The SMILES string of the molecule is c1ccc(-c2c(-c3ccccc3)n(-c3ccccc3)c3c2ccc2c4ccccc4n(-c4ccc(-c5ccc6c(c5)C(c5ccccc5)(c5ccccc5)c5ccccc5-6)cc4)c23)cc1. The zero-order valence-electron chi connectivity index (χ0n) is 35.6. The van der Waals surface area contributed by atoms with Crippen molar-refractivity contribution in [1.82, 2.24) is 9.13 Å². The second-order valence-electron chi connectivity index (χ2n) is 17.2. The van der Waals surface area contributed by atoms with Gasteiger partial charge in [0.25, 0.3) is 0 Å². The van der Waals surface area contributed by atoms with Crippen LogP contribution in [0.3, 0.4) is 0 Å². The van der Waals surface area contributed by atoms with Crippen LogP contribution in [0.4, 0.5) is 0 Å². The molecule has 12 aromatic rings. The molecular formula is C63H42N2. The summed E-state index contributed by atoms with van der Waals surface area (Å²) < 4.78 is 5.00. The van der Waals surface area contributed by atoms with Gasteiger partial charge in [-0.25, -0.2) is 0 Å². The number of benzene rings is 10. The number of para-hydroxylation sites is 2. The summed E-state index contributed by atoms with van der Waals surface area (Å²) in [7, 11) is 0. The standard InChI is InChI=1S/C63H42N2/c1-6-20-44(21-7-1)59-55-41-40-54-53-31-17-19-33-58(53)64(61(54)62(55)65(49-28-14-5-15-29-49)60(59)45-22-8-2-9-23-45)50-37-34-43(35-38-50)46-36-39-52-51-30-16-18-32-56(51)63(57(52)42-46,47-24-10-3-11-25-47)48-26-12-4-13-27-48/h1-42H. The number of hydrogen-bond acceptors (Lipinski definition) is 0. The minimum absolute atomic E-state index is 0.455. The maximum atomic E-state index is 2.51. The lowest BCUT2D eigenvalue weighted by Gasteiger charge is -2.34. The van der Waals surface area contributed by atoms with E-state index in [0.717, 1.165) is 11.4 Å². The van der Waals surface area contributed by atoms with Crippen LogP contribution in [-0.4, -0.2) is 9.13 Å². The zero-order chi connectivity index (χ0) is 42.9. The third-order valence-corrected chi connectivity index (χ3v) is 13.8. The number of aromatic nitrogens is 2. The van der Waals surface area contributed by atoms with E-state index in [2.05, 4.69) is 264 Å². The maximum absolute atomic E-state index is 2.51. The van der Waals surface area contributed by atoms with Gasteiger partial charge >= 0.3 is 0 Å². The summed E-state index contributed by atoms with van der Waals surface area (Å²) in [4.78, 5) is 0. The first-order valence-electron chi connectivity index (χ1n) is 22.5. The molecule has 0 amide bonds. The zero-order valence-corrected chi connectivity index (χ0v) is 35.6. The summed E-state index contributed by atoms with van der Waals surface area (Å²) in [6, 6.07) is 93.7. The highest BCUT2D eigenvalue weighted by atomic mass is 15.1. The van der Waals surface area contributed by atoms with E-state index in [1.807, 2.05) is 0 Å². The van der Waals surface area contributed by atoms with Gasteiger partial charge in [-0.15, -0.1) is 0 Å². The molecule has 0 bridgehead atoms. The van der Waals surface area contributed by atoms with E-state index in [1.54, 1.807) is 0 Å². The molecule has 1 aliphatic carbocycles. The third-order valence-electron chi connectivity index (χ3n) is 13.8. The first-order chi connectivity index (χ1) is 32.3. The minimum Gasteiger partial charge on any atom is -0.307 e. The first-order valence-corrected chi connectivity index (χ1v) is 22.5. The molecule has 2 aromatic heterocycles. The molecule has 0 spiro atoms. The highest BCUT2D eigenvalue weighted by Crippen LogP contribution is 2.57. The Balaban J connectivity index is 1.05. The van der Waals surface area contributed by atoms with Gasteiger partial charge in [0, 0.05) is 33.1 Å². The van der Waals surface area contributed by atoms with Gasteiger partial charge in [0.05, 0.1) is 27.7 Å². The summed E-state index contributed by atoms with van der Waals surface area (Å²) in [6.45, 7) is 0. The lowest BCUT2D eigenvalue weighted by molar-refractivity contribution is 0.769. The second-order valence-corrected chi connectivity index (χ2v) is 17.2. The summed E-state index contributed by atoms with van der Waals surface area (Å²) in [6.07, 6.45) is 0. The predicted molar refractivity (Wildman–Crippen MR) is 271 cm³/mol. The van der Waals surface area contributed by atoms with Gasteiger partial charge in [-0.2, -0.15) is 0 Å². The van der Waals surface area contributed by atoms with Gasteiger partial charge in [-0.1, -0.05) is 218 Å². The minimum atomic E-state index is -0.455. The Labute approximate surface area is 378 Å². The van der Waals surface area contributed by atoms with E-state index in [9.17, 15) is 0 Å². The normalized spacial score (nSPS) is 12.7. The molecule has 0 atom stereocenters. The molecule has 0 unspecified atom stereocenters. The molecule has 0 radical (unpaired) electrons. The molecule has 2 heteroatoms. The number of nitrogens with zero attached hydrogens (tertiary/aromatic N) is 2. The number of hydrogen-bond donors (Lipinski definition) is 0. The number of rotatable bonds is 7. The maximum Gasteiger partial charge on any atom is 0.0789 e. The Kier molecular flexibility index (Phi) is 8.47. The molecule has 0 saturated heterocycles. The smallest absolute Gasteiger partial charge is 0.0789 e. The topological polar surface area (TPSA) is 9.86 Å². The van der Waals surface area contributed by atoms with Crippen molar-refractivity contribution in [2.24, 2.45) is 0 Å². The van der Waals surface area contributed by atoms with Crippen LogP contribution >= 0.6 is 0 Å². The molecule has 0 fully saturated rings. The van der Waals surface area contributed by atoms with Crippen molar-refractivity contribution in [3.63, 3.8) is 0 Å². The molecule has 2 heterocycles. The van der Waals surface area contributed by atoms with E-state index < -0.39 is 5.41 Å². The molecule has 65 heavy (non-hydrogen) atoms. The molecule has 13 rings (SSSR count). The highest BCUT2D eigenvalue weighted by Gasteiger charge is 2.46. The van der Waals surface area contributed by atoms with Crippen molar-refractivity contribution in [1.29, 1.82) is 0 Å². The largest absolute Gasteiger partial charge is 0.307 e. The van der Waals surface area contributed by atoms with Crippen LogP contribution in [0.2, 0.25) is 0 Å². The molecule has 10 aromatic carbocycles. The van der Waals surface area contributed by atoms with Crippen LogP contribution in [0.25, 0.3) is 88.7 Å². The first kappa shape index (κ1) is 37.1. The van der Waals surface area contributed by atoms with Crippen molar-refractivity contribution in [3.05, 3.63) is 277 Å². The average Bonchev–Trinajstić information content (AvgIpc) is 4.02. The highest BCUT2D eigenvalue weighted by molar-refractivity contribution is 6.22. The molecule has 304 valence electrons. The molecule has 2 nitrogen and oxygen atoms in total. The quantitative estimate of drug-likeness (QED) is 0.151. The van der Waals surface area contributed by atoms with Crippen LogP contribution in [0, 0.1) is 0 Å². The lowest BCUT2D eigenvalue weighted by atomic mass is 9.67. The van der Waals surface area contributed by atoms with E-state index in [-0.39, 0.29) is 0 Å². The van der Waals surface area contributed by atoms with E-state index >= 15 is 0 Å². The van der Waals surface area contributed by atoms with Gasteiger partial charge in [0.1, 0.15) is 0 Å².